The molecule has 0 aliphatic heterocycles. The van der Waals surface area contributed by atoms with E-state index in [9.17, 15) is 8.42 Å². The second kappa shape index (κ2) is 12.0. The van der Waals surface area contributed by atoms with Crippen LogP contribution in [0.3, 0.4) is 0 Å². The molecule has 0 amide bonds. The van der Waals surface area contributed by atoms with Crippen LogP contribution in [0.4, 0.5) is 0 Å². The highest BCUT2D eigenvalue weighted by atomic mass is 32.2. The van der Waals surface area contributed by atoms with E-state index in [1.807, 2.05) is 0 Å². The van der Waals surface area contributed by atoms with Gasteiger partial charge in [-0.15, -0.1) is 0 Å². The minimum atomic E-state index is -3.23. The van der Waals surface area contributed by atoms with Gasteiger partial charge in [0.15, 0.2) is 0 Å². The van der Waals surface area contributed by atoms with E-state index in [0.717, 1.165) is 12.8 Å². The monoisotopic (exact) mass is 278 g/mol. The van der Waals surface area contributed by atoms with Crippen molar-refractivity contribution in [1.82, 2.24) is 0 Å². The van der Waals surface area contributed by atoms with E-state index in [1.165, 1.54) is 51.4 Å². The summed E-state index contributed by atoms with van der Waals surface area (Å²) in [6, 6.07) is 0. The summed E-state index contributed by atoms with van der Waals surface area (Å²) in [5.74, 6) is 0.0742. The summed E-state index contributed by atoms with van der Waals surface area (Å²) in [4.78, 5) is 0. The average Bonchev–Trinajstić information content (AvgIpc) is 2.36. The maximum absolute atomic E-state index is 11.0. The normalized spacial score (nSPS) is 11.9. The highest BCUT2D eigenvalue weighted by Gasteiger charge is 2.05. The highest BCUT2D eigenvalue weighted by Crippen LogP contribution is 2.10. The summed E-state index contributed by atoms with van der Waals surface area (Å²) in [6.45, 7) is 4.20. The van der Waals surface area contributed by atoms with Gasteiger partial charge in [-0.05, 0) is 13.3 Å². The van der Waals surface area contributed by atoms with Crippen LogP contribution in [0, 0.1) is 0 Å². The van der Waals surface area contributed by atoms with E-state index < -0.39 is 10.1 Å². The third-order valence-corrected chi connectivity index (χ3v) is 4.35. The van der Waals surface area contributed by atoms with Gasteiger partial charge in [0.2, 0.25) is 0 Å². The SMILES string of the molecule is CCCCCCCCCCCCOS(=O)(=O)CC. The van der Waals surface area contributed by atoms with Crippen molar-refractivity contribution < 1.29 is 12.6 Å². The molecule has 0 aromatic heterocycles. The Balaban J connectivity index is 3.12. The highest BCUT2D eigenvalue weighted by molar-refractivity contribution is 7.86. The Kier molecular flexibility index (Phi) is 11.9. The Bertz CT molecular complexity index is 260. The Morgan fingerprint density at radius 2 is 1.17 bits per heavy atom. The smallest absolute Gasteiger partial charge is 0.267 e. The second-order valence-corrected chi connectivity index (χ2v) is 6.78. The number of unbranched alkanes of at least 4 members (excludes halogenated alkanes) is 9. The van der Waals surface area contributed by atoms with Gasteiger partial charge in [-0.25, -0.2) is 0 Å². The van der Waals surface area contributed by atoms with Gasteiger partial charge in [0.25, 0.3) is 10.1 Å². The average molecular weight is 278 g/mol. The lowest BCUT2D eigenvalue weighted by molar-refractivity contribution is 0.307. The first-order chi connectivity index (χ1) is 8.62. The molecule has 0 atom stereocenters. The molecule has 0 rings (SSSR count). The quantitative estimate of drug-likeness (QED) is 0.373. The summed E-state index contributed by atoms with van der Waals surface area (Å²) in [5, 5.41) is 0. The molecule has 0 saturated carbocycles. The first-order valence-corrected chi connectivity index (χ1v) is 9.07. The van der Waals surface area contributed by atoms with Gasteiger partial charge in [-0.2, -0.15) is 8.42 Å². The minimum absolute atomic E-state index is 0.0742. The molecular weight excluding hydrogens is 248 g/mol. The molecule has 0 radical (unpaired) electrons. The molecule has 0 spiro atoms. The van der Waals surface area contributed by atoms with Gasteiger partial charge in [0.1, 0.15) is 0 Å². The summed E-state index contributed by atoms with van der Waals surface area (Å²) >= 11 is 0. The Labute approximate surface area is 113 Å². The van der Waals surface area contributed by atoms with E-state index >= 15 is 0 Å². The molecule has 0 aliphatic rings. The molecule has 3 nitrogen and oxygen atoms in total. The van der Waals surface area contributed by atoms with Crippen LogP contribution >= 0.6 is 0 Å². The third-order valence-electron chi connectivity index (χ3n) is 3.11. The molecule has 0 aromatic rings. The van der Waals surface area contributed by atoms with E-state index in [0.29, 0.717) is 6.61 Å². The van der Waals surface area contributed by atoms with Crippen LogP contribution in [-0.4, -0.2) is 20.8 Å². The summed E-state index contributed by atoms with van der Waals surface area (Å²) in [7, 11) is -3.23. The van der Waals surface area contributed by atoms with E-state index in [1.54, 1.807) is 6.92 Å². The van der Waals surface area contributed by atoms with Crippen LogP contribution < -0.4 is 0 Å². The zero-order valence-electron chi connectivity index (χ0n) is 12.1. The molecule has 0 heterocycles. The van der Waals surface area contributed by atoms with Crippen molar-refractivity contribution in [3.63, 3.8) is 0 Å². The lowest BCUT2D eigenvalue weighted by Crippen LogP contribution is -2.09. The van der Waals surface area contributed by atoms with Crippen molar-refractivity contribution in [3.05, 3.63) is 0 Å². The zero-order valence-corrected chi connectivity index (χ0v) is 12.9. The van der Waals surface area contributed by atoms with Crippen molar-refractivity contribution in [3.8, 4) is 0 Å². The van der Waals surface area contributed by atoms with Gasteiger partial charge < -0.3 is 0 Å². The van der Waals surface area contributed by atoms with Crippen molar-refractivity contribution in [2.75, 3.05) is 12.4 Å². The van der Waals surface area contributed by atoms with Gasteiger partial charge >= 0.3 is 0 Å². The largest absolute Gasteiger partial charge is 0.270 e. The predicted octanol–water partition coefficient (Wildman–Crippen LogP) is 4.27. The van der Waals surface area contributed by atoms with E-state index in [4.69, 9.17) is 4.18 Å². The lowest BCUT2D eigenvalue weighted by atomic mass is 10.1. The molecule has 4 heteroatoms. The summed E-state index contributed by atoms with van der Waals surface area (Å²) in [5.41, 5.74) is 0. The lowest BCUT2D eigenvalue weighted by Gasteiger charge is -2.03. The molecule has 0 bridgehead atoms. The number of hydrogen-bond donors (Lipinski definition) is 0. The van der Waals surface area contributed by atoms with Gasteiger partial charge in [-0.3, -0.25) is 4.18 Å². The fraction of sp³-hybridized carbons (Fsp3) is 1.00. The molecule has 0 aromatic carbocycles. The van der Waals surface area contributed by atoms with Gasteiger partial charge in [0, 0.05) is 0 Å². The Morgan fingerprint density at radius 3 is 1.61 bits per heavy atom. The first kappa shape index (κ1) is 17.9. The molecule has 0 unspecified atom stereocenters. The fourth-order valence-electron chi connectivity index (χ4n) is 1.86. The van der Waals surface area contributed by atoms with Crippen LogP contribution in [0.1, 0.15) is 78.1 Å². The molecule has 18 heavy (non-hydrogen) atoms. The van der Waals surface area contributed by atoms with Crippen LogP contribution in [0.25, 0.3) is 0 Å². The van der Waals surface area contributed by atoms with Crippen molar-refractivity contribution in [2.24, 2.45) is 0 Å². The van der Waals surface area contributed by atoms with Crippen LogP contribution in [0.15, 0.2) is 0 Å². The minimum Gasteiger partial charge on any atom is -0.270 e. The van der Waals surface area contributed by atoms with Crippen molar-refractivity contribution >= 4 is 10.1 Å². The molecule has 0 aliphatic carbocycles. The molecular formula is C14H30O3S. The number of hydrogen-bond acceptors (Lipinski definition) is 3. The Hall–Kier alpha value is -0.0900. The molecule has 0 N–H and O–H groups in total. The van der Waals surface area contributed by atoms with E-state index in [-0.39, 0.29) is 5.75 Å². The fourth-order valence-corrected chi connectivity index (χ4v) is 2.40. The molecule has 110 valence electrons. The van der Waals surface area contributed by atoms with Crippen LogP contribution in [0.2, 0.25) is 0 Å². The van der Waals surface area contributed by atoms with Gasteiger partial charge in [0.05, 0.1) is 12.4 Å². The first-order valence-electron chi connectivity index (χ1n) is 7.49. The van der Waals surface area contributed by atoms with Gasteiger partial charge in [-0.1, -0.05) is 64.7 Å². The predicted molar refractivity (Wildman–Crippen MR) is 77.3 cm³/mol. The zero-order chi connectivity index (χ0) is 13.7. The third kappa shape index (κ3) is 12.4. The second-order valence-electron chi connectivity index (χ2n) is 4.85. The molecule has 0 saturated heterocycles. The summed E-state index contributed by atoms with van der Waals surface area (Å²) < 4.78 is 26.9. The summed E-state index contributed by atoms with van der Waals surface area (Å²) in [6.07, 6.45) is 12.5. The topological polar surface area (TPSA) is 43.4 Å². The maximum atomic E-state index is 11.0. The van der Waals surface area contributed by atoms with Crippen molar-refractivity contribution in [2.45, 2.75) is 78.1 Å². The molecule has 0 fully saturated rings. The van der Waals surface area contributed by atoms with Crippen molar-refractivity contribution in [1.29, 1.82) is 0 Å². The van der Waals surface area contributed by atoms with Crippen LogP contribution in [0.5, 0.6) is 0 Å². The standard InChI is InChI=1S/C14H30O3S/c1-3-5-6-7-8-9-10-11-12-13-14-17-18(15,16)4-2/h3-14H2,1-2H3. The van der Waals surface area contributed by atoms with Crippen LogP contribution in [-0.2, 0) is 14.3 Å². The maximum Gasteiger partial charge on any atom is 0.267 e. The number of rotatable bonds is 13. The Morgan fingerprint density at radius 1 is 0.722 bits per heavy atom. The van der Waals surface area contributed by atoms with E-state index in [2.05, 4.69) is 6.92 Å².